The first-order valence-electron chi connectivity index (χ1n) is 5.56. The highest BCUT2D eigenvalue weighted by Gasteiger charge is 2.10. The minimum atomic E-state index is -1.18. The molecule has 0 aliphatic heterocycles. The molecule has 3 nitrogen and oxygen atoms in total. The summed E-state index contributed by atoms with van der Waals surface area (Å²) in [6, 6.07) is 7.14. The standard InChI is InChI=1S/C14H9ClF2O3/c15-13-2-1-11(6-12(13)14(18)19)20-7-8-3-9(16)5-10(17)4-8/h1-6H,7H2,(H,18,19). The molecule has 0 aliphatic carbocycles. The molecule has 0 aliphatic rings. The van der Waals surface area contributed by atoms with Gasteiger partial charge in [0.1, 0.15) is 24.0 Å². The maximum Gasteiger partial charge on any atom is 0.337 e. The first-order valence-corrected chi connectivity index (χ1v) is 5.94. The van der Waals surface area contributed by atoms with Crippen LogP contribution in [0.5, 0.6) is 5.75 Å². The Morgan fingerprint density at radius 1 is 1.15 bits per heavy atom. The van der Waals surface area contributed by atoms with Crippen molar-refractivity contribution >= 4 is 17.6 Å². The monoisotopic (exact) mass is 298 g/mol. The number of hydrogen-bond acceptors (Lipinski definition) is 2. The van der Waals surface area contributed by atoms with Crippen LogP contribution in [0.25, 0.3) is 0 Å². The molecule has 0 bridgehead atoms. The number of hydrogen-bond donors (Lipinski definition) is 1. The van der Waals surface area contributed by atoms with Crippen LogP contribution in [0.15, 0.2) is 36.4 Å². The van der Waals surface area contributed by atoms with Crippen LogP contribution in [-0.2, 0) is 6.61 Å². The highest BCUT2D eigenvalue weighted by atomic mass is 35.5. The van der Waals surface area contributed by atoms with Crippen molar-refractivity contribution in [1.82, 2.24) is 0 Å². The van der Waals surface area contributed by atoms with E-state index in [-0.39, 0.29) is 22.9 Å². The van der Waals surface area contributed by atoms with Gasteiger partial charge in [-0.25, -0.2) is 13.6 Å². The highest BCUT2D eigenvalue weighted by molar-refractivity contribution is 6.33. The first-order chi connectivity index (χ1) is 9.45. The maximum absolute atomic E-state index is 13.0. The lowest BCUT2D eigenvalue weighted by atomic mass is 10.2. The largest absolute Gasteiger partial charge is 0.489 e. The number of carboxylic acid groups (broad SMARTS) is 1. The van der Waals surface area contributed by atoms with Crippen molar-refractivity contribution in [2.24, 2.45) is 0 Å². The average molecular weight is 299 g/mol. The van der Waals surface area contributed by atoms with Crippen LogP contribution in [0.2, 0.25) is 5.02 Å². The fraction of sp³-hybridized carbons (Fsp3) is 0.0714. The van der Waals surface area contributed by atoms with Crippen molar-refractivity contribution in [2.75, 3.05) is 0 Å². The van der Waals surface area contributed by atoms with Crippen molar-refractivity contribution in [3.05, 3.63) is 64.2 Å². The molecule has 2 aromatic carbocycles. The molecule has 0 radical (unpaired) electrons. The lowest BCUT2D eigenvalue weighted by Gasteiger charge is -2.08. The number of ether oxygens (including phenoxy) is 1. The molecule has 2 aromatic rings. The molecule has 0 spiro atoms. The normalized spacial score (nSPS) is 10.3. The smallest absolute Gasteiger partial charge is 0.337 e. The molecule has 0 unspecified atom stereocenters. The van der Waals surface area contributed by atoms with Crippen molar-refractivity contribution < 1.29 is 23.4 Å². The maximum atomic E-state index is 13.0. The van der Waals surface area contributed by atoms with Gasteiger partial charge in [-0.3, -0.25) is 0 Å². The van der Waals surface area contributed by atoms with Gasteiger partial charge < -0.3 is 9.84 Å². The number of carbonyl (C=O) groups is 1. The lowest BCUT2D eigenvalue weighted by Crippen LogP contribution is -2.01. The molecule has 104 valence electrons. The van der Waals surface area contributed by atoms with Crippen molar-refractivity contribution in [3.8, 4) is 5.75 Å². The van der Waals surface area contributed by atoms with Crippen LogP contribution in [0, 0.1) is 11.6 Å². The Bertz CT molecular complexity index is 639. The fourth-order valence-corrected chi connectivity index (χ4v) is 1.82. The molecule has 6 heteroatoms. The summed E-state index contributed by atoms with van der Waals surface area (Å²) >= 11 is 5.71. The summed E-state index contributed by atoms with van der Waals surface area (Å²) in [7, 11) is 0. The summed E-state index contributed by atoms with van der Waals surface area (Å²) in [5.74, 6) is -2.34. The van der Waals surface area contributed by atoms with E-state index in [1.165, 1.54) is 18.2 Å². The SMILES string of the molecule is O=C(O)c1cc(OCc2cc(F)cc(F)c2)ccc1Cl. The van der Waals surface area contributed by atoms with Gasteiger partial charge in [-0.1, -0.05) is 11.6 Å². The first kappa shape index (κ1) is 14.3. The van der Waals surface area contributed by atoms with E-state index >= 15 is 0 Å². The van der Waals surface area contributed by atoms with Crippen molar-refractivity contribution in [3.63, 3.8) is 0 Å². The van der Waals surface area contributed by atoms with Gasteiger partial charge in [0.15, 0.2) is 0 Å². The quantitative estimate of drug-likeness (QED) is 0.931. The minimum absolute atomic E-state index is 0.0849. The van der Waals surface area contributed by atoms with Gasteiger partial charge in [0.25, 0.3) is 0 Å². The second-order valence-corrected chi connectivity index (χ2v) is 4.42. The van der Waals surface area contributed by atoms with Crippen molar-refractivity contribution in [2.45, 2.75) is 6.61 Å². The molecule has 1 N–H and O–H groups in total. The van der Waals surface area contributed by atoms with Gasteiger partial charge in [-0.15, -0.1) is 0 Å². The predicted octanol–water partition coefficient (Wildman–Crippen LogP) is 3.90. The number of carboxylic acids is 1. The second-order valence-electron chi connectivity index (χ2n) is 4.01. The second kappa shape index (κ2) is 5.88. The van der Waals surface area contributed by atoms with E-state index < -0.39 is 17.6 Å². The van der Waals surface area contributed by atoms with Gasteiger partial charge in [-0.2, -0.15) is 0 Å². The van der Waals surface area contributed by atoms with E-state index in [4.69, 9.17) is 21.4 Å². The summed E-state index contributed by atoms with van der Waals surface area (Å²) in [5, 5.41) is 8.99. The minimum Gasteiger partial charge on any atom is -0.489 e. The van der Waals surface area contributed by atoms with Crippen LogP contribution in [0.3, 0.4) is 0 Å². The van der Waals surface area contributed by atoms with Crippen LogP contribution in [-0.4, -0.2) is 11.1 Å². The Morgan fingerprint density at radius 2 is 1.80 bits per heavy atom. The predicted molar refractivity (Wildman–Crippen MR) is 69.1 cm³/mol. The number of halogens is 3. The molecule has 0 fully saturated rings. The topological polar surface area (TPSA) is 46.5 Å². The van der Waals surface area contributed by atoms with Gasteiger partial charge in [-0.05, 0) is 35.9 Å². The highest BCUT2D eigenvalue weighted by Crippen LogP contribution is 2.23. The van der Waals surface area contributed by atoms with Crippen molar-refractivity contribution in [1.29, 1.82) is 0 Å². The zero-order valence-electron chi connectivity index (χ0n) is 10.1. The Kier molecular flexibility index (Phi) is 4.20. The third kappa shape index (κ3) is 3.45. The van der Waals surface area contributed by atoms with E-state index in [2.05, 4.69) is 0 Å². The summed E-state index contributed by atoms with van der Waals surface area (Å²) in [6.45, 7) is -0.0879. The van der Waals surface area contributed by atoms with Crippen LogP contribution in [0.1, 0.15) is 15.9 Å². The van der Waals surface area contributed by atoms with Gasteiger partial charge in [0.05, 0.1) is 10.6 Å². The van der Waals surface area contributed by atoms with Gasteiger partial charge >= 0.3 is 5.97 Å². The zero-order chi connectivity index (χ0) is 14.7. The summed E-state index contributed by atoms with van der Waals surface area (Å²) < 4.78 is 31.3. The van der Waals surface area contributed by atoms with Gasteiger partial charge in [0, 0.05) is 6.07 Å². The molecule has 0 saturated heterocycles. The molecule has 20 heavy (non-hydrogen) atoms. The zero-order valence-corrected chi connectivity index (χ0v) is 10.8. The Balaban J connectivity index is 2.14. The van der Waals surface area contributed by atoms with E-state index in [1.54, 1.807) is 0 Å². The van der Waals surface area contributed by atoms with Crippen LogP contribution >= 0.6 is 11.6 Å². The number of benzene rings is 2. The molecule has 0 saturated carbocycles. The summed E-state index contributed by atoms with van der Waals surface area (Å²) in [6.07, 6.45) is 0. The fourth-order valence-electron chi connectivity index (χ4n) is 1.62. The third-order valence-corrected chi connectivity index (χ3v) is 2.83. The summed E-state index contributed by atoms with van der Waals surface area (Å²) in [5.41, 5.74) is 0.198. The summed E-state index contributed by atoms with van der Waals surface area (Å²) in [4.78, 5) is 10.9. The van der Waals surface area contributed by atoms with Crippen LogP contribution < -0.4 is 4.74 Å². The van der Waals surface area contributed by atoms with Crippen LogP contribution in [0.4, 0.5) is 8.78 Å². The molecular formula is C14H9ClF2O3. The molecular weight excluding hydrogens is 290 g/mol. The molecule has 0 aromatic heterocycles. The molecule has 0 amide bonds. The van der Waals surface area contributed by atoms with E-state index in [0.29, 0.717) is 5.56 Å². The third-order valence-electron chi connectivity index (χ3n) is 2.50. The Labute approximate surface area is 118 Å². The lowest BCUT2D eigenvalue weighted by molar-refractivity contribution is 0.0696. The van der Waals surface area contributed by atoms with E-state index in [9.17, 15) is 13.6 Å². The molecule has 0 atom stereocenters. The average Bonchev–Trinajstić information content (AvgIpc) is 2.36. The van der Waals surface area contributed by atoms with E-state index in [0.717, 1.165) is 18.2 Å². The number of aromatic carboxylic acids is 1. The molecule has 2 rings (SSSR count). The van der Waals surface area contributed by atoms with Gasteiger partial charge in [0.2, 0.25) is 0 Å². The number of rotatable bonds is 4. The Hall–Kier alpha value is -2.14. The Morgan fingerprint density at radius 3 is 2.40 bits per heavy atom. The molecule has 0 heterocycles. The van der Waals surface area contributed by atoms with E-state index in [1.807, 2.05) is 0 Å².